The molecule has 0 radical (unpaired) electrons. The van der Waals surface area contributed by atoms with Gasteiger partial charge in [-0.1, -0.05) is 25.1 Å². The monoisotopic (exact) mass is 263 g/mol. The SMILES string of the molecule is CCN(Cc1cccc2c1OC(C)(C)C2)C[C@@H](C)O. The predicted molar refractivity (Wildman–Crippen MR) is 77.5 cm³/mol. The van der Waals surface area contributed by atoms with Gasteiger partial charge in [-0.25, -0.2) is 0 Å². The Morgan fingerprint density at radius 2 is 2.16 bits per heavy atom. The average Bonchev–Trinajstić information content (AvgIpc) is 2.62. The third kappa shape index (κ3) is 3.48. The molecule has 3 heteroatoms. The van der Waals surface area contributed by atoms with Gasteiger partial charge in [0.25, 0.3) is 0 Å². The Morgan fingerprint density at radius 3 is 2.79 bits per heavy atom. The number of rotatable bonds is 5. The second-order valence-electron chi connectivity index (χ2n) is 6.12. The van der Waals surface area contributed by atoms with E-state index in [-0.39, 0.29) is 11.7 Å². The van der Waals surface area contributed by atoms with E-state index < -0.39 is 0 Å². The van der Waals surface area contributed by atoms with Crippen LogP contribution in [0.4, 0.5) is 0 Å². The molecule has 0 spiro atoms. The minimum Gasteiger partial charge on any atom is -0.487 e. The third-order valence-corrected chi connectivity index (χ3v) is 3.54. The maximum absolute atomic E-state index is 9.54. The Hall–Kier alpha value is -1.06. The van der Waals surface area contributed by atoms with Gasteiger partial charge in [-0.05, 0) is 32.9 Å². The normalized spacial score (nSPS) is 18.2. The van der Waals surface area contributed by atoms with Crippen LogP contribution in [0.3, 0.4) is 0 Å². The highest BCUT2D eigenvalue weighted by Crippen LogP contribution is 2.37. The predicted octanol–water partition coefficient (Wildman–Crippen LogP) is 2.60. The van der Waals surface area contributed by atoms with Crippen molar-refractivity contribution in [3.63, 3.8) is 0 Å². The maximum Gasteiger partial charge on any atom is 0.127 e. The van der Waals surface area contributed by atoms with Crippen LogP contribution >= 0.6 is 0 Å². The lowest BCUT2D eigenvalue weighted by molar-refractivity contribution is 0.119. The molecule has 0 aromatic heterocycles. The van der Waals surface area contributed by atoms with E-state index in [1.54, 1.807) is 0 Å². The smallest absolute Gasteiger partial charge is 0.127 e. The van der Waals surface area contributed by atoms with Crippen LogP contribution in [0.5, 0.6) is 5.75 Å². The van der Waals surface area contributed by atoms with Crippen molar-refractivity contribution in [2.75, 3.05) is 13.1 Å². The van der Waals surface area contributed by atoms with E-state index >= 15 is 0 Å². The molecule has 1 atom stereocenters. The number of para-hydroxylation sites is 1. The second kappa shape index (κ2) is 5.51. The first-order chi connectivity index (χ1) is 8.91. The molecule has 19 heavy (non-hydrogen) atoms. The average molecular weight is 263 g/mol. The van der Waals surface area contributed by atoms with Crippen molar-refractivity contribution < 1.29 is 9.84 Å². The fraction of sp³-hybridized carbons (Fsp3) is 0.625. The molecular formula is C16H25NO2. The van der Waals surface area contributed by atoms with Crippen LogP contribution in [-0.4, -0.2) is 34.8 Å². The summed E-state index contributed by atoms with van der Waals surface area (Å²) in [6.45, 7) is 10.7. The van der Waals surface area contributed by atoms with Gasteiger partial charge < -0.3 is 9.84 Å². The highest BCUT2D eigenvalue weighted by atomic mass is 16.5. The molecular weight excluding hydrogens is 238 g/mol. The zero-order valence-electron chi connectivity index (χ0n) is 12.4. The van der Waals surface area contributed by atoms with E-state index in [0.717, 1.165) is 25.3 Å². The molecule has 2 rings (SSSR count). The van der Waals surface area contributed by atoms with Crippen molar-refractivity contribution in [3.05, 3.63) is 29.3 Å². The molecule has 0 saturated heterocycles. The number of fused-ring (bicyclic) bond motifs is 1. The van der Waals surface area contributed by atoms with Crippen LogP contribution in [0, 0.1) is 0 Å². The lowest BCUT2D eigenvalue weighted by Gasteiger charge is -2.24. The highest BCUT2D eigenvalue weighted by molar-refractivity contribution is 5.45. The number of likely N-dealkylation sites (N-methyl/N-ethyl adjacent to an activating group) is 1. The number of hydrogen-bond acceptors (Lipinski definition) is 3. The van der Waals surface area contributed by atoms with E-state index in [2.05, 4.69) is 43.9 Å². The van der Waals surface area contributed by atoms with Crippen molar-refractivity contribution in [1.82, 2.24) is 4.90 Å². The maximum atomic E-state index is 9.54. The zero-order valence-corrected chi connectivity index (χ0v) is 12.4. The van der Waals surface area contributed by atoms with Gasteiger partial charge in [0.15, 0.2) is 0 Å². The molecule has 1 aliphatic rings. The van der Waals surface area contributed by atoms with E-state index in [4.69, 9.17) is 4.74 Å². The molecule has 1 aliphatic heterocycles. The van der Waals surface area contributed by atoms with E-state index in [0.29, 0.717) is 6.54 Å². The Bertz CT molecular complexity index is 440. The molecule has 106 valence electrons. The largest absolute Gasteiger partial charge is 0.487 e. The van der Waals surface area contributed by atoms with Crippen molar-refractivity contribution in [2.45, 2.75) is 52.4 Å². The molecule has 1 heterocycles. The molecule has 0 bridgehead atoms. The van der Waals surface area contributed by atoms with Crippen LogP contribution in [0.15, 0.2) is 18.2 Å². The van der Waals surface area contributed by atoms with Gasteiger partial charge in [0.2, 0.25) is 0 Å². The van der Waals surface area contributed by atoms with Gasteiger partial charge in [-0.15, -0.1) is 0 Å². The molecule has 0 unspecified atom stereocenters. The Morgan fingerprint density at radius 1 is 1.42 bits per heavy atom. The number of benzene rings is 1. The summed E-state index contributed by atoms with van der Waals surface area (Å²) in [6.07, 6.45) is 0.674. The van der Waals surface area contributed by atoms with Crippen LogP contribution in [-0.2, 0) is 13.0 Å². The lowest BCUT2D eigenvalue weighted by atomic mass is 10.0. The van der Waals surface area contributed by atoms with Gasteiger partial charge in [-0.2, -0.15) is 0 Å². The first-order valence-corrected chi connectivity index (χ1v) is 7.11. The van der Waals surface area contributed by atoms with Crippen LogP contribution in [0.2, 0.25) is 0 Å². The minimum absolute atomic E-state index is 0.0975. The van der Waals surface area contributed by atoms with Crippen molar-refractivity contribution in [2.24, 2.45) is 0 Å². The zero-order chi connectivity index (χ0) is 14.0. The first kappa shape index (κ1) is 14.4. The van der Waals surface area contributed by atoms with Crippen molar-refractivity contribution in [1.29, 1.82) is 0 Å². The molecule has 3 nitrogen and oxygen atoms in total. The molecule has 0 amide bonds. The molecule has 0 saturated carbocycles. The lowest BCUT2D eigenvalue weighted by Crippen LogP contribution is -2.30. The second-order valence-corrected chi connectivity index (χ2v) is 6.12. The summed E-state index contributed by atoms with van der Waals surface area (Å²) in [4.78, 5) is 2.24. The number of nitrogens with zero attached hydrogens (tertiary/aromatic N) is 1. The van der Waals surface area contributed by atoms with Gasteiger partial charge in [-0.3, -0.25) is 4.90 Å². The summed E-state index contributed by atoms with van der Waals surface area (Å²) in [6, 6.07) is 6.39. The first-order valence-electron chi connectivity index (χ1n) is 7.11. The number of ether oxygens (including phenoxy) is 1. The van der Waals surface area contributed by atoms with Crippen LogP contribution < -0.4 is 4.74 Å². The molecule has 1 N–H and O–H groups in total. The summed E-state index contributed by atoms with van der Waals surface area (Å²) in [5.41, 5.74) is 2.43. The summed E-state index contributed by atoms with van der Waals surface area (Å²) in [5.74, 6) is 1.05. The topological polar surface area (TPSA) is 32.7 Å². The number of aliphatic hydroxyl groups is 1. The fourth-order valence-corrected chi connectivity index (χ4v) is 2.72. The highest BCUT2D eigenvalue weighted by Gasteiger charge is 2.31. The van der Waals surface area contributed by atoms with E-state index in [9.17, 15) is 5.11 Å². The van der Waals surface area contributed by atoms with Crippen molar-refractivity contribution in [3.8, 4) is 5.75 Å². The Balaban J connectivity index is 2.16. The molecule has 0 fully saturated rings. The third-order valence-electron chi connectivity index (χ3n) is 3.54. The standard InChI is InChI=1S/C16H25NO2/c1-5-17(10-12(2)18)11-14-8-6-7-13-9-16(3,4)19-15(13)14/h6-8,12,18H,5,9-11H2,1-4H3/t12-/m1/s1. The van der Waals surface area contributed by atoms with E-state index in [1.165, 1.54) is 11.1 Å². The fourth-order valence-electron chi connectivity index (χ4n) is 2.72. The van der Waals surface area contributed by atoms with Crippen LogP contribution in [0.25, 0.3) is 0 Å². The van der Waals surface area contributed by atoms with Gasteiger partial charge >= 0.3 is 0 Å². The Labute approximate surface area is 116 Å². The summed E-state index contributed by atoms with van der Waals surface area (Å²) in [7, 11) is 0. The summed E-state index contributed by atoms with van der Waals surface area (Å²) < 4.78 is 6.09. The number of hydrogen-bond donors (Lipinski definition) is 1. The van der Waals surface area contributed by atoms with Crippen LogP contribution in [0.1, 0.15) is 38.8 Å². The van der Waals surface area contributed by atoms with E-state index in [1.807, 2.05) is 6.92 Å². The molecule has 0 aliphatic carbocycles. The van der Waals surface area contributed by atoms with Crippen molar-refractivity contribution >= 4 is 0 Å². The Kier molecular flexibility index (Phi) is 4.16. The van der Waals surface area contributed by atoms with Gasteiger partial charge in [0.1, 0.15) is 11.4 Å². The number of aliphatic hydroxyl groups excluding tert-OH is 1. The summed E-state index contributed by atoms with van der Waals surface area (Å²) in [5, 5.41) is 9.54. The van der Waals surface area contributed by atoms with Gasteiger partial charge in [0, 0.05) is 25.1 Å². The molecule has 1 aromatic carbocycles. The van der Waals surface area contributed by atoms with Gasteiger partial charge in [0.05, 0.1) is 6.10 Å². The summed E-state index contributed by atoms with van der Waals surface area (Å²) >= 11 is 0. The minimum atomic E-state index is -0.297. The quantitative estimate of drug-likeness (QED) is 0.886. The molecule has 1 aromatic rings.